The number of nitrogens with zero attached hydrogens (tertiary/aromatic N) is 2. The van der Waals surface area contributed by atoms with Gasteiger partial charge in [-0.25, -0.2) is 8.42 Å². The first-order valence-electron chi connectivity index (χ1n) is 14.3. The number of rotatable bonds is 13. The molecule has 44 heavy (non-hydrogen) atoms. The number of ether oxygens (including phenoxy) is 1. The van der Waals surface area contributed by atoms with E-state index in [2.05, 4.69) is 21.2 Å². The zero-order chi connectivity index (χ0) is 31.7. The van der Waals surface area contributed by atoms with Crippen molar-refractivity contribution in [2.75, 3.05) is 10.8 Å². The quantitative estimate of drug-likeness (QED) is 0.169. The average Bonchev–Trinajstić information content (AvgIpc) is 3.03. The number of para-hydroxylation sites is 1. The van der Waals surface area contributed by atoms with Gasteiger partial charge in [0.05, 0.1) is 10.6 Å². The van der Waals surface area contributed by atoms with Crippen molar-refractivity contribution in [2.45, 2.75) is 50.7 Å². The number of benzene rings is 4. The third-order valence-electron chi connectivity index (χ3n) is 7.12. The van der Waals surface area contributed by atoms with E-state index in [0.717, 1.165) is 20.8 Å². The number of sulfonamides is 1. The van der Waals surface area contributed by atoms with Crippen LogP contribution in [0.25, 0.3) is 0 Å². The van der Waals surface area contributed by atoms with Gasteiger partial charge in [0.15, 0.2) is 0 Å². The van der Waals surface area contributed by atoms with E-state index in [-0.39, 0.29) is 29.1 Å². The Kier molecular flexibility index (Phi) is 11.2. The van der Waals surface area contributed by atoms with Crippen LogP contribution < -0.4 is 14.4 Å². The van der Waals surface area contributed by atoms with Crippen LogP contribution in [0, 0.1) is 0 Å². The Hall–Kier alpha value is -4.15. The second-order valence-electron chi connectivity index (χ2n) is 10.4. The summed E-state index contributed by atoms with van der Waals surface area (Å²) in [7, 11) is -4.17. The molecule has 2 atom stereocenters. The van der Waals surface area contributed by atoms with Crippen LogP contribution in [0.4, 0.5) is 5.69 Å². The number of hydrogen-bond donors (Lipinski definition) is 1. The highest BCUT2D eigenvalue weighted by Gasteiger charge is 2.32. The van der Waals surface area contributed by atoms with Crippen LogP contribution in [-0.2, 0) is 26.2 Å². The van der Waals surface area contributed by atoms with E-state index in [1.807, 2.05) is 68.4 Å². The van der Waals surface area contributed by atoms with E-state index in [1.54, 1.807) is 49.4 Å². The Bertz CT molecular complexity index is 1650. The first kappa shape index (κ1) is 32.8. The van der Waals surface area contributed by atoms with Gasteiger partial charge >= 0.3 is 0 Å². The van der Waals surface area contributed by atoms with Crippen LogP contribution in [0.2, 0.25) is 0 Å². The Morgan fingerprint density at radius 3 is 2.07 bits per heavy atom. The van der Waals surface area contributed by atoms with Crippen molar-refractivity contribution >= 4 is 43.5 Å². The van der Waals surface area contributed by atoms with Crippen LogP contribution in [-0.4, -0.2) is 43.8 Å². The van der Waals surface area contributed by atoms with Crippen LogP contribution in [0.15, 0.2) is 119 Å². The monoisotopic (exact) mass is 677 g/mol. The molecular formula is C34H36BrN3O5S. The normalized spacial score (nSPS) is 12.5. The van der Waals surface area contributed by atoms with Gasteiger partial charge in [-0.2, -0.15) is 0 Å². The minimum atomic E-state index is -4.17. The highest BCUT2D eigenvalue weighted by Crippen LogP contribution is 2.28. The van der Waals surface area contributed by atoms with E-state index in [1.165, 1.54) is 17.0 Å². The van der Waals surface area contributed by atoms with Crippen molar-refractivity contribution in [1.82, 2.24) is 10.2 Å². The SMILES string of the molecule is CCC(C)NC(=O)C(C)N(Cc1cccc(Br)c1)C(=O)CN(c1ccc(Oc2ccccc2)cc1)S(=O)(=O)c1ccccc1. The summed E-state index contributed by atoms with van der Waals surface area (Å²) < 4.78 is 35.8. The molecule has 0 aliphatic carbocycles. The molecule has 0 bridgehead atoms. The molecule has 0 spiro atoms. The van der Waals surface area contributed by atoms with E-state index < -0.39 is 28.5 Å². The van der Waals surface area contributed by atoms with Crippen LogP contribution in [0.1, 0.15) is 32.8 Å². The molecule has 4 aromatic rings. The lowest BCUT2D eigenvalue weighted by Crippen LogP contribution is -2.52. The first-order chi connectivity index (χ1) is 21.1. The fourth-order valence-electron chi connectivity index (χ4n) is 4.43. The molecule has 0 heterocycles. The summed E-state index contributed by atoms with van der Waals surface area (Å²) in [4.78, 5) is 28.8. The Morgan fingerprint density at radius 2 is 1.45 bits per heavy atom. The lowest BCUT2D eigenvalue weighted by Gasteiger charge is -2.32. The summed E-state index contributed by atoms with van der Waals surface area (Å²) in [6.07, 6.45) is 0.727. The predicted octanol–water partition coefficient (Wildman–Crippen LogP) is 6.77. The zero-order valence-electron chi connectivity index (χ0n) is 24.9. The summed E-state index contributed by atoms with van der Waals surface area (Å²) in [6.45, 7) is 5.09. The maximum atomic E-state index is 14.1. The largest absolute Gasteiger partial charge is 0.457 e. The second kappa shape index (κ2) is 15.0. The fourth-order valence-corrected chi connectivity index (χ4v) is 6.32. The van der Waals surface area contributed by atoms with E-state index in [0.29, 0.717) is 11.5 Å². The smallest absolute Gasteiger partial charge is 0.264 e. The third kappa shape index (κ3) is 8.48. The van der Waals surface area contributed by atoms with Crippen molar-refractivity contribution in [1.29, 1.82) is 0 Å². The number of amides is 2. The Balaban J connectivity index is 1.69. The molecular weight excluding hydrogens is 642 g/mol. The maximum Gasteiger partial charge on any atom is 0.264 e. The molecule has 4 rings (SSSR count). The van der Waals surface area contributed by atoms with Gasteiger partial charge in [0, 0.05) is 17.1 Å². The highest BCUT2D eigenvalue weighted by atomic mass is 79.9. The molecule has 0 aromatic heterocycles. The van der Waals surface area contributed by atoms with Crippen molar-refractivity contribution in [2.24, 2.45) is 0 Å². The summed E-state index contributed by atoms with van der Waals surface area (Å²) in [5, 5.41) is 2.94. The zero-order valence-corrected chi connectivity index (χ0v) is 27.3. The number of hydrogen-bond acceptors (Lipinski definition) is 5. The van der Waals surface area contributed by atoms with Crippen LogP contribution in [0.5, 0.6) is 11.5 Å². The van der Waals surface area contributed by atoms with Gasteiger partial charge < -0.3 is 15.0 Å². The fraction of sp³-hybridized carbons (Fsp3) is 0.235. The molecule has 0 aliphatic heterocycles. The molecule has 0 aliphatic rings. The van der Waals surface area contributed by atoms with Crippen LogP contribution >= 0.6 is 15.9 Å². The van der Waals surface area contributed by atoms with Gasteiger partial charge in [-0.05, 0) is 86.5 Å². The molecule has 230 valence electrons. The molecule has 10 heteroatoms. The first-order valence-corrected chi connectivity index (χ1v) is 16.6. The van der Waals surface area contributed by atoms with Crippen LogP contribution in [0.3, 0.4) is 0 Å². The summed E-state index contributed by atoms with van der Waals surface area (Å²) in [5.41, 5.74) is 1.07. The van der Waals surface area contributed by atoms with Crippen molar-refractivity contribution < 1.29 is 22.7 Å². The predicted molar refractivity (Wildman–Crippen MR) is 176 cm³/mol. The van der Waals surface area contributed by atoms with Gasteiger partial charge in [-0.3, -0.25) is 13.9 Å². The second-order valence-corrected chi connectivity index (χ2v) is 13.2. The Morgan fingerprint density at radius 1 is 0.841 bits per heavy atom. The number of anilines is 1. The molecule has 0 radical (unpaired) electrons. The van der Waals surface area contributed by atoms with Gasteiger partial charge in [0.2, 0.25) is 11.8 Å². The average molecular weight is 679 g/mol. The summed E-state index contributed by atoms with van der Waals surface area (Å²) >= 11 is 3.47. The van der Waals surface area contributed by atoms with Gasteiger partial charge in [-0.15, -0.1) is 0 Å². The number of carbonyl (C=O) groups excluding carboxylic acids is 2. The lowest BCUT2D eigenvalue weighted by molar-refractivity contribution is -0.139. The summed E-state index contributed by atoms with van der Waals surface area (Å²) in [5.74, 6) is 0.301. The number of halogens is 1. The molecule has 0 fully saturated rings. The minimum absolute atomic E-state index is 0.0403. The molecule has 0 saturated heterocycles. The van der Waals surface area contributed by atoms with Crippen molar-refractivity contribution in [3.63, 3.8) is 0 Å². The standard InChI is InChI=1S/C34H36BrN3O5S/c1-4-25(2)36-34(40)26(3)37(23-27-12-11-13-28(35)22-27)33(39)24-38(44(41,42)32-16-9-6-10-17-32)29-18-20-31(21-19-29)43-30-14-7-5-8-15-30/h5-22,25-26H,4,23-24H2,1-3H3,(H,36,40). The van der Waals surface area contributed by atoms with Gasteiger partial charge in [0.25, 0.3) is 10.0 Å². The molecule has 2 unspecified atom stereocenters. The third-order valence-corrected chi connectivity index (χ3v) is 9.41. The summed E-state index contributed by atoms with van der Waals surface area (Å²) in [6, 6.07) is 30.2. The van der Waals surface area contributed by atoms with Gasteiger partial charge in [0.1, 0.15) is 24.1 Å². The van der Waals surface area contributed by atoms with E-state index in [9.17, 15) is 18.0 Å². The molecule has 1 N–H and O–H groups in total. The van der Waals surface area contributed by atoms with Gasteiger partial charge in [-0.1, -0.05) is 71.4 Å². The number of carbonyl (C=O) groups is 2. The molecule has 2 amide bonds. The van der Waals surface area contributed by atoms with E-state index >= 15 is 0 Å². The number of nitrogens with one attached hydrogen (secondary N) is 1. The highest BCUT2D eigenvalue weighted by molar-refractivity contribution is 9.10. The molecule has 4 aromatic carbocycles. The molecule has 8 nitrogen and oxygen atoms in total. The Labute approximate surface area is 267 Å². The van der Waals surface area contributed by atoms with Crippen molar-refractivity contribution in [3.05, 3.63) is 119 Å². The topological polar surface area (TPSA) is 96.0 Å². The minimum Gasteiger partial charge on any atom is -0.457 e. The lowest BCUT2D eigenvalue weighted by atomic mass is 10.1. The van der Waals surface area contributed by atoms with E-state index in [4.69, 9.17) is 4.74 Å². The maximum absolute atomic E-state index is 14.1. The van der Waals surface area contributed by atoms with Crippen molar-refractivity contribution in [3.8, 4) is 11.5 Å². The molecule has 0 saturated carbocycles.